The van der Waals surface area contributed by atoms with Gasteiger partial charge in [-0.25, -0.2) is 9.59 Å². The van der Waals surface area contributed by atoms with Crippen molar-refractivity contribution >= 4 is 23.9 Å². The van der Waals surface area contributed by atoms with Crippen LogP contribution in [0.4, 0.5) is 0 Å². The molecule has 1 amide bonds. The molecule has 0 aliphatic carbocycles. The predicted octanol–water partition coefficient (Wildman–Crippen LogP) is 2.19. The summed E-state index contributed by atoms with van der Waals surface area (Å²) < 4.78 is 9.34. The first kappa shape index (κ1) is 19.4. The minimum atomic E-state index is -0.682. The van der Waals surface area contributed by atoms with Gasteiger partial charge in [-0.1, -0.05) is 32.4 Å². The van der Waals surface area contributed by atoms with Gasteiger partial charge in [-0.15, -0.1) is 0 Å². The molecule has 0 spiro atoms. The monoisotopic (exact) mass is 333 g/mol. The molecule has 0 aliphatic heterocycles. The standard InChI is InChI=1S/C18H23NO5/c1-5-12(2)16(18(22)24-4)19-15(20)11-8-13-6-9-14(10-7-13)17(21)23-3/h6-12,16H,5H2,1-4H3,(H,19,20)/b11-8+/t12-,16+/m0/s1. The van der Waals surface area contributed by atoms with Gasteiger partial charge in [-0.05, 0) is 29.7 Å². The molecule has 130 valence electrons. The molecule has 0 saturated heterocycles. The van der Waals surface area contributed by atoms with Crippen LogP contribution >= 0.6 is 0 Å². The SMILES string of the molecule is CC[C@H](C)[C@@H](NC(=O)/C=C/c1ccc(C(=O)OC)cc1)C(=O)OC. The topological polar surface area (TPSA) is 81.7 Å². The molecule has 2 atom stereocenters. The number of carbonyl (C=O) groups is 3. The van der Waals surface area contributed by atoms with Gasteiger partial charge < -0.3 is 14.8 Å². The first-order chi connectivity index (χ1) is 11.4. The summed E-state index contributed by atoms with van der Waals surface area (Å²) in [7, 11) is 2.61. The second-order valence-electron chi connectivity index (χ2n) is 5.34. The van der Waals surface area contributed by atoms with Gasteiger partial charge in [0.15, 0.2) is 0 Å². The van der Waals surface area contributed by atoms with Gasteiger partial charge in [-0.3, -0.25) is 4.79 Å². The molecule has 0 aliphatic rings. The molecule has 1 aromatic rings. The quantitative estimate of drug-likeness (QED) is 0.611. The largest absolute Gasteiger partial charge is 0.467 e. The highest BCUT2D eigenvalue weighted by Crippen LogP contribution is 2.10. The molecule has 6 heteroatoms. The predicted molar refractivity (Wildman–Crippen MR) is 90.2 cm³/mol. The van der Waals surface area contributed by atoms with E-state index in [4.69, 9.17) is 4.74 Å². The van der Waals surface area contributed by atoms with Gasteiger partial charge in [0.1, 0.15) is 6.04 Å². The average molecular weight is 333 g/mol. The molecule has 6 nitrogen and oxygen atoms in total. The van der Waals surface area contributed by atoms with Gasteiger partial charge in [0.2, 0.25) is 5.91 Å². The second kappa shape index (κ2) is 9.50. The first-order valence-electron chi connectivity index (χ1n) is 7.67. The summed E-state index contributed by atoms with van der Waals surface area (Å²) in [6, 6.07) is 5.93. The van der Waals surface area contributed by atoms with Crippen molar-refractivity contribution in [2.24, 2.45) is 5.92 Å². The molecule has 0 bridgehead atoms. The zero-order chi connectivity index (χ0) is 18.1. The maximum atomic E-state index is 12.0. The third-order valence-corrected chi connectivity index (χ3v) is 3.72. The summed E-state index contributed by atoms with van der Waals surface area (Å²) in [5.41, 5.74) is 1.18. The lowest BCUT2D eigenvalue weighted by atomic mass is 9.99. The van der Waals surface area contributed by atoms with Crippen molar-refractivity contribution in [3.63, 3.8) is 0 Å². The van der Waals surface area contributed by atoms with Crippen molar-refractivity contribution in [3.8, 4) is 0 Å². The van der Waals surface area contributed by atoms with Crippen LogP contribution in [0.3, 0.4) is 0 Å². The van der Waals surface area contributed by atoms with Crippen molar-refractivity contribution in [2.45, 2.75) is 26.3 Å². The zero-order valence-corrected chi connectivity index (χ0v) is 14.4. The van der Waals surface area contributed by atoms with Crippen molar-refractivity contribution < 1.29 is 23.9 Å². The van der Waals surface area contributed by atoms with E-state index in [0.717, 1.165) is 12.0 Å². The maximum Gasteiger partial charge on any atom is 0.337 e. The van der Waals surface area contributed by atoms with E-state index in [1.165, 1.54) is 20.3 Å². The van der Waals surface area contributed by atoms with E-state index in [9.17, 15) is 14.4 Å². The number of rotatable bonds is 7. The van der Waals surface area contributed by atoms with Gasteiger partial charge >= 0.3 is 11.9 Å². The Labute approximate surface area is 141 Å². The van der Waals surface area contributed by atoms with E-state index in [2.05, 4.69) is 10.1 Å². The molecular weight excluding hydrogens is 310 g/mol. The number of benzene rings is 1. The molecule has 1 rings (SSSR count). The van der Waals surface area contributed by atoms with Crippen LogP contribution in [0.2, 0.25) is 0 Å². The van der Waals surface area contributed by atoms with Crippen molar-refractivity contribution in [1.82, 2.24) is 5.32 Å². The lowest BCUT2D eigenvalue weighted by Crippen LogP contribution is -2.45. The van der Waals surface area contributed by atoms with E-state index in [0.29, 0.717) is 5.56 Å². The average Bonchev–Trinajstić information content (AvgIpc) is 2.62. The molecule has 24 heavy (non-hydrogen) atoms. The summed E-state index contributed by atoms with van der Waals surface area (Å²) in [6.45, 7) is 3.81. The molecule has 0 aromatic heterocycles. The Kier molecular flexibility index (Phi) is 7.68. The number of methoxy groups -OCH3 is 2. The molecule has 0 unspecified atom stereocenters. The van der Waals surface area contributed by atoms with Gasteiger partial charge in [0, 0.05) is 6.08 Å². The Hall–Kier alpha value is -2.63. The first-order valence-corrected chi connectivity index (χ1v) is 7.67. The van der Waals surface area contributed by atoms with Crippen LogP contribution in [0.1, 0.15) is 36.2 Å². The number of hydrogen-bond donors (Lipinski definition) is 1. The van der Waals surface area contributed by atoms with Crippen molar-refractivity contribution in [2.75, 3.05) is 14.2 Å². The van der Waals surface area contributed by atoms with Crippen LogP contribution in [0.25, 0.3) is 6.08 Å². The minimum Gasteiger partial charge on any atom is -0.467 e. The van der Waals surface area contributed by atoms with Gasteiger partial charge in [-0.2, -0.15) is 0 Å². The van der Waals surface area contributed by atoms with Crippen LogP contribution in [-0.4, -0.2) is 38.1 Å². The highest BCUT2D eigenvalue weighted by Gasteiger charge is 2.25. The Balaban J connectivity index is 2.73. The molecule has 0 fully saturated rings. The number of esters is 2. The van der Waals surface area contributed by atoms with E-state index in [1.807, 2.05) is 13.8 Å². The van der Waals surface area contributed by atoms with E-state index in [-0.39, 0.29) is 11.8 Å². The second-order valence-corrected chi connectivity index (χ2v) is 5.34. The molecular formula is C18H23NO5. The van der Waals surface area contributed by atoms with Crippen molar-refractivity contribution in [1.29, 1.82) is 0 Å². The Morgan fingerprint density at radius 1 is 1.12 bits per heavy atom. The summed E-state index contributed by atoms with van der Waals surface area (Å²) in [4.78, 5) is 35.1. The van der Waals surface area contributed by atoms with Crippen molar-refractivity contribution in [3.05, 3.63) is 41.5 Å². The van der Waals surface area contributed by atoms with Gasteiger partial charge in [0.05, 0.1) is 19.8 Å². The van der Waals surface area contributed by atoms with E-state index >= 15 is 0 Å². The van der Waals surface area contributed by atoms with Gasteiger partial charge in [0.25, 0.3) is 0 Å². The minimum absolute atomic E-state index is 0.0332. The van der Waals surface area contributed by atoms with Crippen LogP contribution < -0.4 is 5.32 Å². The highest BCUT2D eigenvalue weighted by molar-refractivity contribution is 5.95. The highest BCUT2D eigenvalue weighted by atomic mass is 16.5. The number of ether oxygens (including phenoxy) is 2. The molecule has 0 radical (unpaired) electrons. The number of nitrogens with one attached hydrogen (secondary N) is 1. The zero-order valence-electron chi connectivity index (χ0n) is 14.4. The Morgan fingerprint density at radius 2 is 1.75 bits per heavy atom. The Bertz CT molecular complexity index is 606. The number of hydrogen-bond acceptors (Lipinski definition) is 5. The molecule has 1 aromatic carbocycles. The lowest BCUT2D eigenvalue weighted by molar-refractivity contribution is -0.146. The van der Waals surface area contributed by atoms with E-state index < -0.39 is 18.0 Å². The third kappa shape index (κ3) is 5.53. The van der Waals surface area contributed by atoms with Crippen LogP contribution in [0.5, 0.6) is 0 Å². The smallest absolute Gasteiger partial charge is 0.337 e. The summed E-state index contributed by atoms with van der Waals surface area (Å²) >= 11 is 0. The maximum absolute atomic E-state index is 12.0. The lowest BCUT2D eigenvalue weighted by Gasteiger charge is -2.20. The van der Waals surface area contributed by atoms with Crippen LogP contribution in [-0.2, 0) is 19.1 Å². The summed E-state index contributed by atoms with van der Waals surface area (Å²) in [5.74, 6) is -1.30. The third-order valence-electron chi connectivity index (χ3n) is 3.72. The van der Waals surface area contributed by atoms with E-state index in [1.54, 1.807) is 30.3 Å². The molecule has 0 saturated carbocycles. The fourth-order valence-electron chi connectivity index (χ4n) is 2.02. The number of amides is 1. The molecule has 1 N–H and O–H groups in total. The van der Waals surface area contributed by atoms with Crippen LogP contribution in [0.15, 0.2) is 30.3 Å². The summed E-state index contributed by atoms with van der Waals surface area (Å²) in [6.07, 6.45) is 3.67. The fourth-order valence-corrected chi connectivity index (χ4v) is 2.02. The normalized spacial score (nSPS) is 13.2. The van der Waals surface area contributed by atoms with Crippen LogP contribution in [0, 0.1) is 5.92 Å². The Morgan fingerprint density at radius 3 is 2.25 bits per heavy atom. The summed E-state index contributed by atoms with van der Waals surface area (Å²) in [5, 5.41) is 2.65. The number of carbonyl (C=O) groups excluding carboxylic acids is 3. The fraction of sp³-hybridized carbons (Fsp3) is 0.389. The molecule has 0 heterocycles.